The van der Waals surface area contributed by atoms with Crippen LogP contribution < -0.4 is 10.1 Å². The molecule has 0 bridgehead atoms. The topological polar surface area (TPSA) is 61.8 Å². The van der Waals surface area contributed by atoms with Crippen molar-refractivity contribution in [3.05, 3.63) is 60.2 Å². The fraction of sp³-hybridized carbons (Fsp3) is 0.350. The fourth-order valence-electron chi connectivity index (χ4n) is 2.35. The van der Waals surface area contributed by atoms with Crippen molar-refractivity contribution in [2.45, 2.75) is 26.3 Å². The fourth-order valence-corrected chi connectivity index (χ4v) is 2.35. The first-order valence-electron chi connectivity index (χ1n) is 8.66. The average Bonchev–Trinajstić information content (AvgIpc) is 2.64. The van der Waals surface area contributed by atoms with E-state index >= 15 is 0 Å². The molecular weight excluding hydrogens is 316 g/mol. The molecule has 2 aromatic carbocycles. The van der Waals surface area contributed by atoms with Crippen LogP contribution in [0.1, 0.15) is 25.3 Å². The van der Waals surface area contributed by atoms with Gasteiger partial charge in [0.1, 0.15) is 5.75 Å². The molecule has 2 N–H and O–H groups in total. The second-order valence-electron chi connectivity index (χ2n) is 5.79. The highest BCUT2D eigenvalue weighted by molar-refractivity contribution is 5.89. The lowest BCUT2D eigenvalue weighted by molar-refractivity contribution is 0.185. The van der Waals surface area contributed by atoms with Gasteiger partial charge in [0, 0.05) is 18.8 Å². The lowest BCUT2D eigenvalue weighted by Crippen LogP contribution is -2.36. The number of unbranched alkanes of at least 4 members (excludes halogenated alkanes) is 1. The Bertz CT molecular complexity index is 629. The highest BCUT2D eigenvalue weighted by atomic mass is 16.5. The zero-order chi connectivity index (χ0) is 17.9. The van der Waals surface area contributed by atoms with Crippen LogP contribution in [0.25, 0.3) is 0 Å². The van der Waals surface area contributed by atoms with Crippen molar-refractivity contribution in [1.29, 1.82) is 0 Å². The molecule has 5 heteroatoms. The lowest BCUT2D eigenvalue weighted by Gasteiger charge is -2.22. The van der Waals surface area contributed by atoms with Crippen LogP contribution in [0.2, 0.25) is 0 Å². The third-order valence-electron chi connectivity index (χ3n) is 3.75. The number of benzene rings is 2. The summed E-state index contributed by atoms with van der Waals surface area (Å²) in [5.74, 6) is 0.794. The molecule has 0 spiro atoms. The minimum Gasteiger partial charge on any atom is -0.494 e. The summed E-state index contributed by atoms with van der Waals surface area (Å²) in [6.45, 7) is 3.47. The molecule has 0 aliphatic heterocycles. The number of aliphatic hydroxyl groups excluding tert-OH is 1. The molecule has 0 unspecified atom stereocenters. The van der Waals surface area contributed by atoms with Gasteiger partial charge >= 0.3 is 6.03 Å². The Morgan fingerprint density at radius 2 is 1.84 bits per heavy atom. The monoisotopic (exact) mass is 342 g/mol. The summed E-state index contributed by atoms with van der Waals surface area (Å²) in [5.41, 5.74) is 1.72. The van der Waals surface area contributed by atoms with Crippen LogP contribution in [0.5, 0.6) is 5.75 Å². The molecule has 0 fully saturated rings. The Balaban J connectivity index is 1.93. The van der Waals surface area contributed by atoms with Gasteiger partial charge < -0.3 is 20.1 Å². The number of ether oxygens (including phenoxy) is 1. The van der Waals surface area contributed by atoms with Crippen molar-refractivity contribution >= 4 is 11.7 Å². The Kier molecular flexibility index (Phi) is 7.79. The highest BCUT2D eigenvalue weighted by Crippen LogP contribution is 2.17. The first-order chi connectivity index (χ1) is 12.2. The molecule has 0 atom stereocenters. The van der Waals surface area contributed by atoms with Gasteiger partial charge in [0.2, 0.25) is 0 Å². The van der Waals surface area contributed by atoms with Crippen molar-refractivity contribution < 1.29 is 14.6 Å². The largest absolute Gasteiger partial charge is 0.494 e. The van der Waals surface area contributed by atoms with E-state index in [1.807, 2.05) is 54.6 Å². The van der Waals surface area contributed by atoms with Crippen LogP contribution in [0, 0.1) is 0 Å². The van der Waals surface area contributed by atoms with Crippen molar-refractivity contribution in [3.8, 4) is 5.75 Å². The zero-order valence-electron chi connectivity index (χ0n) is 14.6. The molecule has 134 valence electrons. The summed E-state index contributed by atoms with van der Waals surface area (Å²) in [4.78, 5) is 14.1. The molecule has 2 amide bonds. The minimum absolute atomic E-state index is 0.0789. The highest BCUT2D eigenvalue weighted by Gasteiger charge is 2.13. The lowest BCUT2D eigenvalue weighted by atomic mass is 10.2. The molecule has 5 nitrogen and oxygen atoms in total. The number of aliphatic hydroxyl groups is 1. The summed E-state index contributed by atoms with van der Waals surface area (Å²) in [6, 6.07) is 16.8. The molecule has 0 aliphatic rings. The number of hydrogen-bond acceptors (Lipinski definition) is 3. The summed E-state index contributed by atoms with van der Waals surface area (Å²) in [6.07, 6.45) is 2.12. The van der Waals surface area contributed by atoms with Crippen LogP contribution in [0.3, 0.4) is 0 Å². The van der Waals surface area contributed by atoms with Crippen LogP contribution in [-0.4, -0.2) is 35.8 Å². The van der Waals surface area contributed by atoms with Crippen molar-refractivity contribution in [2.75, 3.05) is 25.1 Å². The number of carbonyl (C=O) groups is 1. The second kappa shape index (κ2) is 10.4. The Morgan fingerprint density at radius 1 is 1.12 bits per heavy atom. The number of carbonyl (C=O) groups excluding carboxylic acids is 1. The van der Waals surface area contributed by atoms with E-state index in [-0.39, 0.29) is 19.2 Å². The van der Waals surface area contributed by atoms with E-state index in [9.17, 15) is 9.90 Å². The molecule has 0 heterocycles. The van der Waals surface area contributed by atoms with E-state index in [1.165, 1.54) is 0 Å². The number of nitrogens with zero attached hydrogens (tertiary/aromatic N) is 1. The van der Waals surface area contributed by atoms with Gasteiger partial charge in [-0.25, -0.2) is 4.79 Å². The van der Waals surface area contributed by atoms with Gasteiger partial charge in [0.15, 0.2) is 0 Å². The Hall–Kier alpha value is -2.53. The van der Waals surface area contributed by atoms with Gasteiger partial charge in [-0.3, -0.25) is 0 Å². The van der Waals surface area contributed by atoms with Crippen molar-refractivity contribution in [2.24, 2.45) is 0 Å². The van der Waals surface area contributed by atoms with Gasteiger partial charge in [-0.05, 0) is 36.2 Å². The second-order valence-corrected chi connectivity index (χ2v) is 5.79. The maximum atomic E-state index is 12.5. The van der Waals surface area contributed by atoms with E-state index in [0.29, 0.717) is 18.8 Å². The number of urea groups is 1. The van der Waals surface area contributed by atoms with Gasteiger partial charge in [0.25, 0.3) is 0 Å². The standard InChI is InChI=1S/C20H26N2O3/c1-2-3-15-25-19-11-9-18(10-12-19)21-20(24)22(13-14-23)16-17-7-5-4-6-8-17/h4-12,23H,2-3,13-16H2,1H3,(H,21,24). The quantitative estimate of drug-likeness (QED) is 0.680. The van der Waals surface area contributed by atoms with E-state index < -0.39 is 0 Å². The van der Waals surface area contributed by atoms with Gasteiger partial charge in [-0.1, -0.05) is 43.7 Å². The number of anilines is 1. The summed E-state index contributed by atoms with van der Waals surface area (Å²) < 4.78 is 5.62. The Morgan fingerprint density at radius 3 is 2.48 bits per heavy atom. The number of hydrogen-bond donors (Lipinski definition) is 2. The number of nitrogens with one attached hydrogen (secondary N) is 1. The maximum Gasteiger partial charge on any atom is 0.322 e. The molecule has 25 heavy (non-hydrogen) atoms. The van der Waals surface area contributed by atoms with Crippen LogP contribution >= 0.6 is 0 Å². The molecule has 0 saturated carbocycles. The van der Waals surface area contributed by atoms with Crippen LogP contribution in [0.15, 0.2) is 54.6 Å². The smallest absolute Gasteiger partial charge is 0.322 e. The van der Waals surface area contributed by atoms with Crippen LogP contribution in [0.4, 0.5) is 10.5 Å². The predicted molar refractivity (Wildman–Crippen MR) is 99.8 cm³/mol. The predicted octanol–water partition coefficient (Wildman–Crippen LogP) is 3.89. The van der Waals surface area contributed by atoms with Gasteiger partial charge in [-0.15, -0.1) is 0 Å². The zero-order valence-corrected chi connectivity index (χ0v) is 14.6. The SMILES string of the molecule is CCCCOc1ccc(NC(=O)N(CCO)Cc2ccccc2)cc1. The molecular formula is C20H26N2O3. The molecule has 0 aliphatic carbocycles. The van der Waals surface area contributed by atoms with E-state index in [4.69, 9.17) is 4.74 Å². The molecule has 0 aromatic heterocycles. The van der Waals surface area contributed by atoms with Crippen molar-refractivity contribution in [1.82, 2.24) is 4.90 Å². The third-order valence-corrected chi connectivity index (χ3v) is 3.75. The van der Waals surface area contributed by atoms with Gasteiger partial charge in [-0.2, -0.15) is 0 Å². The van der Waals surface area contributed by atoms with Gasteiger partial charge in [0.05, 0.1) is 13.2 Å². The number of amides is 2. The number of rotatable bonds is 9. The van der Waals surface area contributed by atoms with E-state index in [2.05, 4.69) is 12.2 Å². The Labute approximate surface area is 149 Å². The normalized spacial score (nSPS) is 10.3. The van der Waals surface area contributed by atoms with E-state index in [1.54, 1.807) is 4.90 Å². The third kappa shape index (κ3) is 6.47. The molecule has 0 saturated heterocycles. The summed E-state index contributed by atoms with van der Waals surface area (Å²) in [5, 5.41) is 12.1. The van der Waals surface area contributed by atoms with E-state index in [0.717, 1.165) is 24.2 Å². The average molecular weight is 342 g/mol. The van der Waals surface area contributed by atoms with Crippen molar-refractivity contribution in [3.63, 3.8) is 0 Å². The maximum absolute atomic E-state index is 12.5. The minimum atomic E-state index is -0.238. The first-order valence-corrected chi connectivity index (χ1v) is 8.66. The first kappa shape index (κ1) is 18.8. The summed E-state index contributed by atoms with van der Waals surface area (Å²) >= 11 is 0. The molecule has 0 radical (unpaired) electrons. The summed E-state index contributed by atoms with van der Waals surface area (Å²) in [7, 11) is 0. The van der Waals surface area contributed by atoms with Crippen LogP contribution in [-0.2, 0) is 6.54 Å². The molecule has 2 aromatic rings. The molecule has 2 rings (SSSR count).